The summed E-state index contributed by atoms with van der Waals surface area (Å²) in [7, 11) is 0. The molecule has 0 aliphatic heterocycles. The van der Waals surface area contributed by atoms with Crippen LogP contribution in [0.5, 0.6) is 0 Å². The minimum atomic E-state index is -0.598. The van der Waals surface area contributed by atoms with Crippen LogP contribution in [0.4, 0.5) is 5.69 Å². The molecule has 148 valence electrons. The number of rotatable bonds is 7. The minimum absolute atomic E-state index is 0.0336. The van der Waals surface area contributed by atoms with Crippen LogP contribution < -0.4 is 5.32 Å². The number of esters is 1. The van der Waals surface area contributed by atoms with Crippen molar-refractivity contribution < 1.29 is 19.1 Å². The summed E-state index contributed by atoms with van der Waals surface area (Å²) in [5, 5.41) is 3.08. The maximum atomic E-state index is 12.2. The summed E-state index contributed by atoms with van der Waals surface area (Å²) in [5.41, 5.74) is 5.00. The summed E-state index contributed by atoms with van der Waals surface area (Å²) >= 11 is 6.15. The fourth-order valence-corrected chi connectivity index (χ4v) is 3.11. The zero-order valence-electron chi connectivity index (χ0n) is 16.5. The number of carbonyl (C=O) groups is 3. The Bertz CT molecular complexity index is 898. The molecular formula is C22H24ClNO4. The van der Waals surface area contributed by atoms with Crippen LogP contribution in [0.1, 0.15) is 45.5 Å². The summed E-state index contributed by atoms with van der Waals surface area (Å²) in [6, 6.07) is 9.07. The van der Waals surface area contributed by atoms with Crippen molar-refractivity contribution in [2.75, 3.05) is 11.9 Å². The minimum Gasteiger partial charge on any atom is -0.456 e. The number of ether oxygens (including phenoxy) is 1. The number of nitrogens with one attached hydrogen (secondary N) is 1. The lowest BCUT2D eigenvalue weighted by molar-refractivity contribution is -0.147. The lowest BCUT2D eigenvalue weighted by Crippen LogP contribution is -2.21. The fraction of sp³-hybridized carbons (Fsp3) is 0.318. The molecule has 2 aromatic carbocycles. The van der Waals surface area contributed by atoms with Crippen LogP contribution in [0, 0.1) is 27.7 Å². The van der Waals surface area contributed by atoms with E-state index < -0.39 is 18.5 Å². The summed E-state index contributed by atoms with van der Waals surface area (Å²) in [4.78, 5) is 36.1. The van der Waals surface area contributed by atoms with Crippen molar-refractivity contribution in [3.8, 4) is 0 Å². The van der Waals surface area contributed by atoms with Gasteiger partial charge in [0.15, 0.2) is 12.4 Å². The molecule has 0 atom stereocenters. The Hall–Kier alpha value is -2.66. The second-order valence-electron chi connectivity index (χ2n) is 6.87. The molecular weight excluding hydrogens is 378 g/mol. The predicted molar refractivity (Wildman–Crippen MR) is 110 cm³/mol. The van der Waals surface area contributed by atoms with Crippen LogP contribution in [0.2, 0.25) is 5.02 Å². The molecule has 28 heavy (non-hydrogen) atoms. The first-order valence-corrected chi connectivity index (χ1v) is 9.38. The van der Waals surface area contributed by atoms with Crippen molar-refractivity contribution in [2.24, 2.45) is 0 Å². The lowest BCUT2D eigenvalue weighted by Gasteiger charge is -2.11. The zero-order chi connectivity index (χ0) is 20.8. The molecule has 0 aliphatic carbocycles. The quantitative estimate of drug-likeness (QED) is 0.538. The van der Waals surface area contributed by atoms with Gasteiger partial charge in [0.05, 0.1) is 17.1 Å². The number of halogens is 1. The van der Waals surface area contributed by atoms with Gasteiger partial charge in [0, 0.05) is 12.0 Å². The van der Waals surface area contributed by atoms with Gasteiger partial charge in [-0.3, -0.25) is 14.4 Å². The van der Waals surface area contributed by atoms with Crippen molar-refractivity contribution in [2.45, 2.75) is 40.5 Å². The number of hydrogen-bond donors (Lipinski definition) is 1. The van der Waals surface area contributed by atoms with E-state index in [0.717, 1.165) is 22.3 Å². The van der Waals surface area contributed by atoms with Gasteiger partial charge in [-0.15, -0.1) is 0 Å². The van der Waals surface area contributed by atoms with Crippen LogP contribution in [0.3, 0.4) is 0 Å². The third kappa shape index (κ3) is 5.92. The van der Waals surface area contributed by atoms with Crippen LogP contribution in [0.25, 0.3) is 0 Å². The topological polar surface area (TPSA) is 72.5 Å². The van der Waals surface area contributed by atoms with Crippen LogP contribution in [-0.4, -0.2) is 24.3 Å². The van der Waals surface area contributed by atoms with Gasteiger partial charge >= 0.3 is 5.97 Å². The maximum Gasteiger partial charge on any atom is 0.306 e. The Labute approximate surface area is 170 Å². The number of amides is 1. The largest absolute Gasteiger partial charge is 0.456 e. The van der Waals surface area contributed by atoms with Crippen LogP contribution in [-0.2, 0) is 14.3 Å². The van der Waals surface area contributed by atoms with E-state index >= 15 is 0 Å². The summed E-state index contributed by atoms with van der Waals surface area (Å²) in [6.07, 6.45) is -0.0464. The second kappa shape index (κ2) is 9.51. The molecule has 0 spiro atoms. The van der Waals surface area contributed by atoms with Gasteiger partial charge < -0.3 is 10.1 Å². The maximum absolute atomic E-state index is 12.2. The molecule has 2 rings (SSSR count). The average Bonchev–Trinajstić information content (AvgIpc) is 2.63. The predicted octanol–water partition coefficient (Wildman–Crippen LogP) is 4.72. The molecule has 0 saturated carbocycles. The number of aryl methyl sites for hydroxylation is 4. The molecule has 0 bridgehead atoms. The normalized spacial score (nSPS) is 10.5. The van der Waals surface area contributed by atoms with Crippen molar-refractivity contribution in [1.82, 2.24) is 0 Å². The second-order valence-corrected chi connectivity index (χ2v) is 7.28. The number of Topliss-reactive ketones (excluding diaryl/α,β-unsaturated/α-hetero) is 1. The molecule has 0 saturated heterocycles. The Morgan fingerprint density at radius 2 is 1.64 bits per heavy atom. The van der Waals surface area contributed by atoms with E-state index in [-0.39, 0.29) is 18.6 Å². The van der Waals surface area contributed by atoms with E-state index in [1.165, 1.54) is 0 Å². The van der Waals surface area contributed by atoms with Gasteiger partial charge in [-0.1, -0.05) is 29.8 Å². The molecule has 0 heterocycles. The van der Waals surface area contributed by atoms with Crippen LogP contribution >= 0.6 is 11.6 Å². The van der Waals surface area contributed by atoms with Gasteiger partial charge in [-0.25, -0.2) is 0 Å². The van der Waals surface area contributed by atoms with Crippen molar-refractivity contribution in [3.05, 3.63) is 63.2 Å². The number of carbonyl (C=O) groups excluding carboxylic acids is 3. The number of anilines is 1. The Morgan fingerprint density at radius 3 is 2.29 bits per heavy atom. The van der Waals surface area contributed by atoms with Gasteiger partial charge in [0.25, 0.3) is 5.91 Å². The highest BCUT2D eigenvalue weighted by Crippen LogP contribution is 2.27. The van der Waals surface area contributed by atoms with E-state index in [9.17, 15) is 14.4 Å². The highest BCUT2D eigenvalue weighted by Gasteiger charge is 2.14. The highest BCUT2D eigenvalue weighted by molar-refractivity contribution is 6.34. The first-order valence-electron chi connectivity index (χ1n) is 9.00. The van der Waals surface area contributed by atoms with Gasteiger partial charge in [0.2, 0.25) is 0 Å². The van der Waals surface area contributed by atoms with Crippen molar-refractivity contribution >= 4 is 34.9 Å². The van der Waals surface area contributed by atoms with Gasteiger partial charge in [-0.2, -0.15) is 0 Å². The molecule has 5 nitrogen and oxygen atoms in total. The number of hydrogen-bond acceptors (Lipinski definition) is 4. The first-order chi connectivity index (χ1) is 13.2. The SMILES string of the molecule is Cc1cc(C)c(NC(=O)COC(=O)CCC(=O)c2ccc(C)c(C)c2)c(Cl)c1. The van der Waals surface area contributed by atoms with Gasteiger partial charge in [-0.05, 0) is 62.1 Å². The monoisotopic (exact) mass is 401 g/mol. The molecule has 6 heteroatoms. The average molecular weight is 402 g/mol. The van der Waals surface area contributed by atoms with E-state index in [0.29, 0.717) is 16.3 Å². The standard InChI is InChI=1S/C22H24ClNO4/c1-13-9-16(4)22(18(23)10-13)24-20(26)12-28-21(27)8-7-19(25)17-6-5-14(2)15(3)11-17/h5-6,9-11H,7-8,12H2,1-4H3,(H,24,26). The first kappa shape index (κ1) is 21.6. The Morgan fingerprint density at radius 1 is 0.929 bits per heavy atom. The number of benzene rings is 2. The smallest absolute Gasteiger partial charge is 0.306 e. The van der Waals surface area contributed by atoms with E-state index in [1.54, 1.807) is 12.1 Å². The Kier molecular flexibility index (Phi) is 7.35. The summed E-state index contributed by atoms with van der Waals surface area (Å²) in [6.45, 7) is 7.21. The molecule has 2 aromatic rings. The van der Waals surface area contributed by atoms with Crippen LogP contribution in [0.15, 0.2) is 30.3 Å². The third-order valence-electron chi connectivity index (χ3n) is 4.45. The molecule has 0 fully saturated rings. The molecule has 1 amide bonds. The molecule has 0 aliphatic rings. The van der Waals surface area contributed by atoms with Gasteiger partial charge in [0.1, 0.15) is 0 Å². The molecule has 0 aromatic heterocycles. The molecule has 0 unspecified atom stereocenters. The zero-order valence-corrected chi connectivity index (χ0v) is 17.3. The molecule has 0 radical (unpaired) electrons. The van der Waals surface area contributed by atoms with E-state index in [2.05, 4.69) is 5.32 Å². The molecule has 1 N–H and O–H groups in total. The van der Waals surface area contributed by atoms with E-state index in [4.69, 9.17) is 16.3 Å². The highest BCUT2D eigenvalue weighted by atomic mass is 35.5. The lowest BCUT2D eigenvalue weighted by atomic mass is 10.0. The number of ketones is 1. The third-order valence-corrected chi connectivity index (χ3v) is 4.74. The van der Waals surface area contributed by atoms with E-state index in [1.807, 2.05) is 45.9 Å². The van der Waals surface area contributed by atoms with Crippen molar-refractivity contribution in [1.29, 1.82) is 0 Å². The summed E-state index contributed by atoms with van der Waals surface area (Å²) < 4.78 is 4.96. The summed E-state index contributed by atoms with van der Waals surface area (Å²) in [5.74, 6) is -1.21. The van der Waals surface area contributed by atoms with Crippen molar-refractivity contribution in [3.63, 3.8) is 0 Å². The fourth-order valence-electron chi connectivity index (χ4n) is 2.74. The Balaban J connectivity index is 1.81.